The number of aromatic nitrogens is 2. The van der Waals surface area contributed by atoms with Crippen molar-refractivity contribution in [3.63, 3.8) is 0 Å². The van der Waals surface area contributed by atoms with Crippen molar-refractivity contribution in [2.24, 2.45) is 0 Å². The first kappa shape index (κ1) is 10.9. The van der Waals surface area contributed by atoms with Gasteiger partial charge in [0.15, 0.2) is 0 Å². The van der Waals surface area contributed by atoms with Gasteiger partial charge in [-0.15, -0.1) is 0 Å². The Hall–Kier alpha value is -1.60. The van der Waals surface area contributed by atoms with Crippen LogP contribution in [-0.4, -0.2) is 9.78 Å². The summed E-state index contributed by atoms with van der Waals surface area (Å²) in [4.78, 5) is 0. The number of rotatable bonds is 2. The van der Waals surface area contributed by atoms with Gasteiger partial charge < -0.3 is 0 Å². The molecule has 0 amide bonds. The molecule has 0 radical (unpaired) electrons. The van der Waals surface area contributed by atoms with Gasteiger partial charge in [0, 0.05) is 4.47 Å². The second-order valence-electron chi connectivity index (χ2n) is 3.57. The van der Waals surface area contributed by atoms with Crippen molar-refractivity contribution < 1.29 is 0 Å². The molecule has 0 saturated heterocycles. The number of nitrogens with zero attached hydrogens (tertiary/aromatic N) is 3. The van der Waals surface area contributed by atoms with Gasteiger partial charge in [0.1, 0.15) is 11.8 Å². The van der Waals surface area contributed by atoms with Crippen LogP contribution in [0.15, 0.2) is 34.8 Å². The van der Waals surface area contributed by atoms with Crippen LogP contribution in [-0.2, 0) is 6.54 Å². The summed E-state index contributed by atoms with van der Waals surface area (Å²) in [5.74, 6) is 0. The second kappa shape index (κ2) is 4.50. The summed E-state index contributed by atoms with van der Waals surface area (Å²) in [5, 5.41) is 13.2. The number of hydrogen-bond donors (Lipinski definition) is 0. The summed E-state index contributed by atoms with van der Waals surface area (Å²) in [7, 11) is 0. The largest absolute Gasteiger partial charge is 0.250 e. The van der Waals surface area contributed by atoms with Crippen LogP contribution in [0.5, 0.6) is 0 Å². The minimum atomic E-state index is 0.598. The summed E-state index contributed by atoms with van der Waals surface area (Å²) in [6.07, 6.45) is 0. The molecule has 0 fully saturated rings. The Kier molecular flexibility index (Phi) is 3.07. The third kappa shape index (κ3) is 2.31. The molecule has 2 rings (SSSR count). The maximum atomic E-state index is 8.94. The Morgan fingerprint density at radius 1 is 1.38 bits per heavy atom. The lowest BCUT2D eigenvalue weighted by Crippen LogP contribution is -2.04. The normalized spacial score (nSPS) is 10.1. The predicted octanol–water partition coefficient (Wildman–Crippen LogP) is 2.87. The van der Waals surface area contributed by atoms with Crippen LogP contribution in [0, 0.1) is 18.3 Å². The highest BCUT2D eigenvalue weighted by atomic mass is 79.9. The summed E-state index contributed by atoms with van der Waals surface area (Å²) in [6, 6.07) is 11.9. The van der Waals surface area contributed by atoms with E-state index in [2.05, 4.69) is 27.1 Å². The monoisotopic (exact) mass is 275 g/mol. The molecule has 0 aliphatic carbocycles. The molecule has 16 heavy (non-hydrogen) atoms. The van der Waals surface area contributed by atoms with Gasteiger partial charge in [0.25, 0.3) is 0 Å². The van der Waals surface area contributed by atoms with Crippen molar-refractivity contribution in [1.29, 1.82) is 5.26 Å². The van der Waals surface area contributed by atoms with Crippen LogP contribution in [0.25, 0.3) is 0 Å². The minimum Gasteiger partial charge on any atom is -0.250 e. The summed E-state index contributed by atoms with van der Waals surface area (Å²) < 4.78 is 2.77. The van der Waals surface area contributed by atoms with Crippen molar-refractivity contribution in [2.45, 2.75) is 13.5 Å². The molecular formula is C12H10BrN3. The lowest BCUT2D eigenvalue weighted by atomic mass is 10.2. The van der Waals surface area contributed by atoms with Crippen LogP contribution in [0.2, 0.25) is 0 Å². The minimum absolute atomic E-state index is 0.598. The van der Waals surface area contributed by atoms with E-state index in [0.29, 0.717) is 12.2 Å². The Morgan fingerprint density at radius 3 is 2.69 bits per heavy atom. The topological polar surface area (TPSA) is 41.6 Å². The zero-order chi connectivity index (χ0) is 11.5. The van der Waals surface area contributed by atoms with Gasteiger partial charge in [-0.3, -0.25) is 4.68 Å². The first-order chi connectivity index (χ1) is 7.69. The summed E-state index contributed by atoms with van der Waals surface area (Å²) >= 11 is 3.39. The second-order valence-corrected chi connectivity index (χ2v) is 4.48. The van der Waals surface area contributed by atoms with E-state index in [9.17, 15) is 0 Å². The molecule has 80 valence electrons. The van der Waals surface area contributed by atoms with E-state index in [4.69, 9.17) is 5.26 Å². The number of hydrogen-bond acceptors (Lipinski definition) is 2. The van der Waals surface area contributed by atoms with Gasteiger partial charge in [0.2, 0.25) is 0 Å². The lowest BCUT2D eigenvalue weighted by molar-refractivity contribution is 0.671. The molecule has 0 N–H and O–H groups in total. The van der Waals surface area contributed by atoms with Crippen molar-refractivity contribution >= 4 is 15.9 Å². The van der Waals surface area contributed by atoms with Crippen LogP contribution in [0.1, 0.15) is 17.0 Å². The third-order valence-electron chi connectivity index (χ3n) is 2.26. The first-order valence-electron chi connectivity index (χ1n) is 4.88. The molecule has 1 heterocycles. The molecule has 0 spiro atoms. The maximum Gasteiger partial charge on any atom is 0.139 e. The average molecular weight is 276 g/mol. The lowest BCUT2D eigenvalue weighted by Gasteiger charge is -2.03. The van der Waals surface area contributed by atoms with E-state index in [1.807, 2.05) is 31.2 Å². The molecule has 0 atom stereocenters. The number of benzene rings is 1. The molecule has 0 aliphatic rings. The van der Waals surface area contributed by atoms with E-state index < -0.39 is 0 Å². The highest BCUT2D eigenvalue weighted by Crippen LogP contribution is 2.12. The average Bonchev–Trinajstić information content (AvgIpc) is 2.62. The third-order valence-corrected chi connectivity index (χ3v) is 2.79. The standard InChI is InChI=1S/C12H10BrN3/c1-9-6-12(7-14)16(15-9)8-10-2-4-11(13)5-3-10/h2-6H,8H2,1H3. The Labute approximate surface area is 102 Å². The number of aryl methyl sites for hydroxylation is 1. The van der Waals surface area contributed by atoms with Gasteiger partial charge >= 0.3 is 0 Å². The van der Waals surface area contributed by atoms with Gasteiger partial charge in [-0.05, 0) is 30.7 Å². The molecule has 1 aromatic carbocycles. The van der Waals surface area contributed by atoms with Crippen LogP contribution in [0.4, 0.5) is 0 Å². The van der Waals surface area contributed by atoms with Gasteiger partial charge in [0.05, 0.1) is 12.2 Å². The van der Waals surface area contributed by atoms with Gasteiger partial charge in [-0.25, -0.2) is 0 Å². The fourth-order valence-electron chi connectivity index (χ4n) is 1.52. The van der Waals surface area contributed by atoms with E-state index >= 15 is 0 Å². The van der Waals surface area contributed by atoms with Crippen molar-refractivity contribution in [1.82, 2.24) is 9.78 Å². The van der Waals surface area contributed by atoms with Crippen LogP contribution in [0.3, 0.4) is 0 Å². The predicted molar refractivity (Wildman–Crippen MR) is 64.9 cm³/mol. The molecule has 0 unspecified atom stereocenters. The number of nitriles is 1. The summed E-state index contributed by atoms with van der Waals surface area (Å²) in [6.45, 7) is 2.52. The Morgan fingerprint density at radius 2 is 2.06 bits per heavy atom. The molecule has 1 aromatic heterocycles. The zero-order valence-electron chi connectivity index (χ0n) is 8.81. The molecular weight excluding hydrogens is 266 g/mol. The van der Waals surface area contributed by atoms with Gasteiger partial charge in [-0.2, -0.15) is 10.4 Å². The molecule has 2 aromatic rings. The Balaban J connectivity index is 2.27. The fraction of sp³-hybridized carbons (Fsp3) is 0.167. The van der Waals surface area contributed by atoms with Gasteiger partial charge in [-0.1, -0.05) is 28.1 Å². The van der Waals surface area contributed by atoms with Crippen molar-refractivity contribution in [3.05, 3.63) is 51.8 Å². The quantitative estimate of drug-likeness (QED) is 0.846. The first-order valence-corrected chi connectivity index (χ1v) is 5.67. The highest BCUT2D eigenvalue weighted by Gasteiger charge is 2.04. The fourth-order valence-corrected chi connectivity index (χ4v) is 1.78. The zero-order valence-corrected chi connectivity index (χ0v) is 10.4. The van der Waals surface area contributed by atoms with Crippen molar-refractivity contribution in [2.75, 3.05) is 0 Å². The smallest absolute Gasteiger partial charge is 0.139 e. The summed E-state index contributed by atoms with van der Waals surface area (Å²) in [5.41, 5.74) is 2.59. The molecule has 0 bridgehead atoms. The molecule has 0 saturated carbocycles. The van der Waals surface area contributed by atoms with Crippen LogP contribution >= 0.6 is 15.9 Å². The maximum absolute atomic E-state index is 8.94. The van der Waals surface area contributed by atoms with E-state index in [1.54, 1.807) is 10.7 Å². The van der Waals surface area contributed by atoms with Crippen molar-refractivity contribution in [3.8, 4) is 6.07 Å². The molecule has 3 nitrogen and oxygen atoms in total. The SMILES string of the molecule is Cc1cc(C#N)n(Cc2ccc(Br)cc2)n1. The number of halogens is 1. The van der Waals surface area contributed by atoms with E-state index in [-0.39, 0.29) is 0 Å². The van der Waals surface area contributed by atoms with Crippen LogP contribution < -0.4 is 0 Å². The highest BCUT2D eigenvalue weighted by molar-refractivity contribution is 9.10. The van der Waals surface area contributed by atoms with E-state index in [1.165, 1.54) is 0 Å². The Bertz CT molecular complexity index is 534. The van der Waals surface area contributed by atoms with E-state index in [0.717, 1.165) is 15.7 Å². The molecule has 4 heteroatoms. The molecule has 0 aliphatic heterocycles.